The average Bonchev–Trinajstić information content (AvgIpc) is 3.84. The van der Waals surface area contributed by atoms with Crippen LogP contribution in [-0.2, 0) is 0 Å². The van der Waals surface area contributed by atoms with Gasteiger partial charge in [-0.1, -0.05) is 78.9 Å². The number of anilines is 3. The molecule has 8 aromatic carbocycles. The zero-order valence-electron chi connectivity index (χ0n) is 26.8. The molecule has 0 bridgehead atoms. The molecule has 0 fully saturated rings. The Morgan fingerprint density at radius 2 is 0.920 bits per heavy atom. The summed E-state index contributed by atoms with van der Waals surface area (Å²) < 4.78 is 19.1. The zero-order valence-corrected chi connectivity index (χ0v) is 26.8. The van der Waals surface area contributed by atoms with E-state index in [2.05, 4.69) is 157 Å². The number of hydrogen-bond acceptors (Lipinski definition) is 4. The predicted octanol–water partition coefficient (Wildman–Crippen LogP) is 13.7. The first-order valence-electron chi connectivity index (χ1n) is 16.8. The van der Waals surface area contributed by atoms with E-state index in [1.165, 1.54) is 10.8 Å². The number of benzene rings is 8. The number of hydrogen-bond donors (Lipinski definition) is 0. The number of para-hydroxylation sites is 2. The van der Waals surface area contributed by atoms with Gasteiger partial charge in [0.25, 0.3) is 0 Å². The summed E-state index contributed by atoms with van der Waals surface area (Å²) in [6.45, 7) is 0. The van der Waals surface area contributed by atoms with Gasteiger partial charge in [-0.25, -0.2) is 0 Å². The van der Waals surface area contributed by atoms with Gasteiger partial charge < -0.3 is 18.2 Å². The Labute approximate surface area is 286 Å². The summed E-state index contributed by atoms with van der Waals surface area (Å²) in [6, 6.07) is 57.3. The highest BCUT2D eigenvalue weighted by molar-refractivity contribution is 6.15. The highest BCUT2D eigenvalue weighted by Crippen LogP contribution is 2.44. The Bertz CT molecular complexity index is 3110. The molecule has 0 aliphatic rings. The highest BCUT2D eigenvalue weighted by Gasteiger charge is 2.19. The summed E-state index contributed by atoms with van der Waals surface area (Å²) in [5.41, 5.74) is 10.6. The maximum Gasteiger partial charge on any atom is 0.136 e. The Morgan fingerprint density at radius 1 is 0.320 bits per heavy atom. The normalized spacial score (nSPS) is 12.0. The van der Waals surface area contributed by atoms with Gasteiger partial charge in [0.2, 0.25) is 0 Å². The van der Waals surface area contributed by atoms with Gasteiger partial charge in [0, 0.05) is 49.4 Å². The van der Waals surface area contributed by atoms with E-state index in [4.69, 9.17) is 13.3 Å². The van der Waals surface area contributed by atoms with Gasteiger partial charge >= 0.3 is 0 Å². The Hall–Kier alpha value is -6.78. The number of furan rings is 3. The van der Waals surface area contributed by atoms with Gasteiger partial charge in [-0.2, -0.15) is 0 Å². The van der Waals surface area contributed by atoms with E-state index in [1.54, 1.807) is 0 Å². The van der Waals surface area contributed by atoms with Gasteiger partial charge in [-0.15, -0.1) is 0 Å². The summed E-state index contributed by atoms with van der Waals surface area (Å²) >= 11 is 0. The van der Waals surface area contributed by atoms with Crippen molar-refractivity contribution in [1.82, 2.24) is 0 Å². The van der Waals surface area contributed by atoms with Crippen LogP contribution in [0.25, 0.3) is 87.7 Å². The summed E-state index contributed by atoms with van der Waals surface area (Å²) in [5.74, 6) is 0. The van der Waals surface area contributed by atoms with E-state index in [9.17, 15) is 0 Å². The van der Waals surface area contributed by atoms with E-state index in [0.717, 1.165) is 94.0 Å². The van der Waals surface area contributed by atoms with E-state index in [-0.39, 0.29) is 0 Å². The molecule has 0 aliphatic heterocycles. The van der Waals surface area contributed by atoms with Crippen LogP contribution in [0.5, 0.6) is 0 Å². The van der Waals surface area contributed by atoms with Gasteiger partial charge in [0.05, 0.1) is 0 Å². The fourth-order valence-corrected chi connectivity index (χ4v) is 7.70. The molecular weight excluding hydrogens is 615 g/mol. The van der Waals surface area contributed by atoms with Crippen LogP contribution in [0.1, 0.15) is 0 Å². The molecule has 4 heteroatoms. The van der Waals surface area contributed by atoms with Gasteiger partial charge in [-0.05, 0) is 107 Å². The molecule has 234 valence electrons. The molecule has 0 aliphatic carbocycles. The van der Waals surface area contributed by atoms with E-state index in [0.29, 0.717) is 0 Å². The molecule has 0 saturated heterocycles. The average molecular weight is 642 g/mol. The molecule has 0 unspecified atom stereocenters. The summed E-state index contributed by atoms with van der Waals surface area (Å²) in [7, 11) is 0. The monoisotopic (exact) mass is 641 g/mol. The van der Waals surface area contributed by atoms with Crippen LogP contribution in [0.15, 0.2) is 177 Å². The first-order chi connectivity index (χ1) is 24.7. The smallest absolute Gasteiger partial charge is 0.136 e. The maximum absolute atomic E-state index is 6.47. The van der Waals surface area contributed by atoms with Crippen molar-refractivity contribution in [2.45, 2.75) is 0 Å². The molecule has 0 spiro atoms. The molecule has 3 aromatic heterocycles. The summed E-state index contributed by atoms with van der Waals surface area (Å²) in [5, 5.41) is 8.93. The molecule has 4 nitrogen and oxygen atoms in total. The molecule has 50 heavy (non-hydrogen) atoms. The molecule has 0 atom stereocenters. The largest absolute Gasteiger partial charge is 0.456 e. The second-order valence-corrected chi connectivity index (χ2v) is 12.9. The fraction of sp³-hybridized carbons (Fsp3) is 0. The Balaban J connectivity index is 1.11. The lowest BCUT2D eigenvalue weighted by atomic mass is 9.98. The van der Waals surface area contributed by atoms with E-state index >= 15 is 0 Å². The molecule has 3 heterocycles. The Kier molecular flexibility index (Phi) is 5.63. The minimum Gasteiger partial charge on any atom is -0.456 e. The van der Waals surface area contributed by atoms with Crippen molar-refractivity contribution in [2.75, 3.05) is 4.90 Å². The van der Waals surface area contributed by atoms with Crippen molar-refractivity contribution < 1.29 is 13.3 Å². The lowest BCUT2D eigenvalue weighted by Crippen LogP contribution is -2.09. The second kappa shape index (κ2) is 10.4. The fourth-order valence-electron chi connectivity index (χ4n) is 7.70. The standard InChI is InChI=1S/C46H27NO3/c1-2-11-31(12-3-1)47(32-18-21-41-38(26-32)37-23-28-9-4-5-10-29(28)24-45(37)50-41)33-19-22-42-39(27-33)46-34(14-8-16-43(46)48-42)30-17-20-36-35-13-6-7-15-40(35)49-44(36)25-30/h1-27H. The second-order valence-electron chi connectivity index (χ2n) is 12.9. The van der Waals surface area contributed by atoms with Crippen molar-refractivity contribution >= 4 is 93.7 Å². The van der Waals surface area contributed by atoms with Crippen molar-refractivity contribution in [1.29, 1.82) is 0 Å². The number of rotatable bonds is 4. The van der Waals surface area contributed by atoms with Crippen LogP contribution in [0, 0.1) is 0 Å². The number of fused-ring (bicyclic) bond motifs is 10. The van der Waals surface area contributed by atoms with E-state index in [1.807, 2.05) is 12.1 Å². The van der Waals surface area contributed by atoms with Crippen LogP contribution in [0.2, 0.25) is 0 Å². The quantitative estimate of drug-likeness (QED) is 0.192. The van der Waals surface area contributed by atoms with Crippen LogP contribution >= 0.6 is 0 Å². The van der Waals surface area contributed by atoms with E-state index < -0.39 is 0 Å². The minimum atomic E-state index is 0.845. The molecule has 11 aromatic rings. The lowest BCUT2D eigenvalue weighted by Gasteiger charge is -2.25. The minimum absolute atomic E-state index is 0.845. The van der Waals surface area contributed by atoms with Crippen LogP contribution < -0.4 is 4.90 Å². The van der Waals surface area contributed by atoms with Crippen LogP contribution in [0.3, 0.4) is 0 Å². The predicted molar refractivity (Wildman–Crippen MR) is 206 cm³/mol. The van der Waals surface area contributed by atoms with Crippen molar-refractivity contribution in [3.63, 3.8) is 0 Å². The van der Waals surface area contributed by atoms with Crippen molar-refractivity contribution in [3.05, 3.63) is 164 Å². The highest BCUT2D eigenvalue weighted by atomic mass is 16.3. The lowest BCUT2D eigenvalue weighted by molar-refractivity contribution is 0.668. The maximum atomic E-state index is 6.47. The third-order valence-corrected chi connectivity index (χ3v) is 10.0. The van der Waals surface area contributed by atoms with Gasteiger partial charge in [0.1, 0.15) is 33.5 Å². The topological polar surface area (TPSA) is 42.7 Å². The first kappa shape index (κ1) is 27.2. The van der Waals surface area contributed by atoms with Gasteiger partial charge in [0.15, 0.2) is 0 Å². The number of nitrogens with zero attached hydrogens (tertiary/aromatic N) is 1. The Morgan fingerprint density at radius 3 is 1.76 bits per heavy atom. The summed E-state index contributed by atoms with van der Waals surface area (Å²) in [4.78, 5) is 2.31. The third kappa shape index (κ3) is 4.06. The van der Waals surface area contributed by atoms with Crippen LogP contribution in [0.4, 0.5) is 17.1 Å². The molecule has 0 radical (unpaired) electrons. The van der Waals surface area contributed by atoms with Gasteiger partial charge in [-0.3, -0.25) is 0 Å². The molecule has 11 rings (SSSR count). The molecule has 0 N–H and O–H groups in total. The molecular formula is C46H27NO3. The SMILES string of the molecule is c1ccc(N(c2ccc3oc4cc5ccccc5cc4c3c2)c2ccc3oc4cccc(-c5ccc6c(c5)oc5ccccc56)c4c3c2)cc1. The zero-order chi connectivity index (χ0) is 32.8. The molecule has 0 amide bonds. The first-order valence-corrected chi connectivity index (χ1v) is 16.8. The summed E-state index contributed by atoms with van der Waals surface area (Å²) in [6.07, 6.45) is 0. The molecule has 0 saturated carbocycles. The van der Waals surface area contributed by atoms with Crippen LogP contribution in [-0.4, -0.2) is 0 Å². The van der Waals surface area contributed by atoms with Crippen molar-refractivity contribution in [2.24, 2.45) is 0 Å². The van der Waals surface area contributed by atoms with Crippen molar-refractivity contribution in [3.8, 4) is 11.1 Å². The third-order valence-electron chi connectivity index (χ3n) is 10.0.